The molecule has 0 radical (unpaired) electrons. The predicted molar refractivity (Wildman–Crippen MR) is 163 cm³/mol. The van der Waals surface area contributed by atoms with Crippen LogP contribution >= 0.6 is 23.2 Å². The molecule has 2 aliphatic carbocycles. The number of carbonyl (C=O) groups is 2. The van der Waals surface area contributed by atoms with Gasteiger partial charge in [0, 0.05) is 39.5 Å². The molecule has 1 aromatic heterocycles. The van der Waals surface area contributed by atoms with Gasteiger partial charge >= 0.3 is 0 Å². The first kappa shape index (κ1) is 31.4. The lowest BCUT2D eigenvalue weighted by atomic mass is 9.46. The van der Waals surface area contributed by atoms with Gasteiger partial charge in [-0.2, -0.15) is 0 Å². The largest absolute Gasteiger partial charge is 0.422 e. The molecule has 2 saturated carbocycles. The minimum absolute atomic E-state index is 0.0274. The summed E-state index contributed by atoms with van der Waals surface area (Å²) in [6.07, 6.45) is 2.28. The minimum Gasteiger partial charge on any atom is -0.422 e. The first-order valence-electron chi connectivity index (χ1n) is 15.3. The molecule has 2 spiro atoms. The van der Waals surface area contributed by atoms with E-state index in [4.69, 9.17) is 27.6 Å². The first-order valence-corrected chi connectivity index (χ1v) is 16.0. The van der Waals surface area contributed by atoms with E-state index < -0.39 is 59.3 Å². The van der Waals surface area contributed by atoms with E-state index in [1.165, 1.54) is 12.1 Å². The summed E-state index contributed by atoms with van der Waals surface area (Å²) in [5, 5.41) is 26.6. The lowest BCUT2D eigenvalue weighted by Crippen LogP contribution is -2.70. The number of halogens is 5. The summed E-state index contributed by atoms with van der Waals surface area (Å²) < 4.78 is 50.3. The van der Waals surface area contributed by atoms with Gasteiger partial charge in [-0.05, 0) is 67.9 Å². The van der Waals surface area contributed by atoms with Crippen LogP contribution in [0.15, 0.2) is 40.8 Å². The van der Waals surface area contributed by atoms with Gasteiger partial charge in [0.05, 0.1) is 24.4 Å². The standard InChI is InChI=1S/C32H32Cl2F3N5O4/c33-17-6-9-20-22(10-17)39-29(45)32(20)24(19-2-1-3-21(34)25(19)37)26(40-31(32)12-30(13-31,14-35)15-36)27(44)38-18-7-4-16(5-8-18)28-42-41-23(11-43)46-28/h1-3,6,9-10,16,18,24,26,40,43H,4-5,7-8,11-15H2,(H,38,44)(H,39,45)/t16?,18?,24-,26+,32+/m0/s1. The van der Waals surface area contributed by atoms with E-state index in [-0.39, 0.29) is 47.9 Å². The third-order valence-corrected chi connectivity index (χ3v) is 11.1. The van der Waals surface area contributed by atoms with Crippen LogP contribution in [0, 0.1) is 11.2 Å². The normalized spacial score (nSPS) is 29.0. The van der Waals surface area contributed by atoms with Crippen LogP contribution in [0.25, 0.3) is 0 Å². The maximum Gasteiger partial charge on any atom is 0.241 e. The molecule has 0 unspecified atom stereocenters. The van der Waals surface area contributed by atoms with Gasteiger partial charge in [-0.25, -0.2) is 4.39 Å². The second-order valence-electron chi connectivity index (χ2n) is 13.1. The molecule has 2 aliphatic heterocycles. The molecule has 9 nitrogen and oxygen atoms in total. The molecule has 1 saturated heterocycles. The third kappa shape index (κ3) is 4.58. The number of hydrogen-bond acceptors (Lipinski definition) is 7. The molecule has 0 bridgehead atoms. The van der Waals surface area contributed by atoms with E-state index in [1.807, 2.05) is 0 Å². The van der Waals surface area contributed by atoms with Gasteiger partial charge < -0.3 is 20.2 Å². The Balaban J connectivity index is 1.27. The molecule has 3 atom stereocenters. The number of aliphatic hydroxyl groups excluding tert-OH is 1. The van der Waals surface area contributed by atoms with E-state index in [9.17, 15) is 23.5 Å². The Hall–Kier alpha value is -3.19. The van der Waals surface area contributed by atoms with Crippen LogP contribution in [-0.2, 0) is 21.6 Å². The fourth-order valence-electron chi connectivity index (χ4n) is 8.63. The average molecular weight is 679 g/mol. The SMILES string of the molecule is O=C(NC1CCC(c2nnc(CO)o2)CC1)[C@@H]1NC2(CC(CF)(CF)C2)[C@@]2(C(=O)Nc3cc(Cl)ccc32)[C@H]1c1cccc(Cl)c1F. The summed E-state index contributed by atoms with van der Waals surface area (Å²) in [5.41, 5.74) is -3.32. The van der Waals surface area contributed by atoms with E-state index >= 15 is 4.39 Å². The Morgan fingerprint density at radius 1 is 1.09 bits per heavy atom. The Kier molecular flexibility index (Phi) is 7.85. The topological polar surface area (TPSA) is 129 Å². The number of carbonyl (C=O) groups excluding carboxylic acids is 2. The van der Waals surface area contributed by atoms with Crippen LogP contribution in [0.2, 0.25) is 10.0 Å². The number of anilines is 1. The zero-order valence-corrected chi connectivity index (χ0v) is 26.1. The summed E-state index contributed by atoms with van der Waals surface area (Å²) in [6, 6.07) is 7.90. The van der Waals surface area contributed by atoms with Gasteiger partial charge in [-0.1, -0.05) is 41.4 Å². The van der Waals surface area contributed by atoms with E-state index in [1.54, 1.807) is 24.3 Å². The molecule has 7 rings (SSSR count). The molecular formula is C32H32Cl2F3N5O4. The Morgan fingerprint density at radius 3 is 2.50 bits per heavy atom. The van der Waals surface area contributed by atoms with Crippen molar-refractivity contribution in [3.05, 3.63) is 75.2 Å². The first-order chi connectivity index (χ1) is 22.1. The van der Waals surface area contributed by atoms with Crippen molar-refractivity contribution < 1.29 is 32.3 Å². The summed E-state index contributed by atoms with van der Waals surface area (Å²) in [5.74, 6) is -2.32. The van der Waals surface area contributed by atoms with Crippen molar-refractivity contribution in [3.8, 4) is 0 Å². The summed E-state index contributed by atoms with van der Waals surface area (Å²) in [4.78, 5) is 28.7. The number of alkyl halides is 2. The van der Waals surface area contributed by atoms with Gasteiger partial charge in [0.15, 0.2) is 0 Å². The maximum absolute atomic E-state index is 16.0. The monoisotopic (exact) mass is 677 g/mol. The van der Waals surface area contributed by atoms with Crippen LogP contribution in [0.1, 0.15) is 73.3 Å². The highest BCUT2D eigenvalue weighted by Crippen LogP contribution is 2.68. The van der Waals surface area contributed by atoms with Crippen molar-refractivity contribution in [2.75, 3.05) is 18.7 Å². The Bertz CT molecular complexity index is 1690. The van der Waals surface area contributed by atoms with Crippen LogP contribution in [0.4, 0.5) is 18.9 Å². The smallest absolute Gasteiger partial charge is 0.241 e. The fourth-order valence-corrected chi connectivity index (χ4v) is 8.98. The molecule has 3 heterocycles. The van der Waals surface area contributed by atoms with E-state index in [0.29, 0.717) is 47.8 Å². The zero-order chi connectivity index (χ0) is 32.4. The molecule has 2 amide bonds. The molecule has 2 aromatic carbocycles. The quantitative estimate of drug-likeness (QED) is 0.269. The molecule has 14 heteroatoms. The molecule has 4 N–H and O–H groups in total. The molecular weight excluding hydrogens is 646 g/mol. The number of nitrogens with zero attached hydrogens (tertiary/aromatic N) is 2. The second-order valence-corrected chi connectivity index (χ2v) is 14.0. The summed E-state index contributed by atoms with van der Waals surface area (Å²) >= 11 is 12.6. The van der Waals surface area contributed by atoms with Gasteiger partial charge in [0.1, 0.15) is 17.8 Å². The molecule has 46 heavy (non-hydrogen) atoms. The number of rotatable bonds is 7. The molecule has 4 aliphatic rings. The predicted octanol–water partition coefficient (Wildman–Crippen LogP) is 5.25. The lowest BCUT2D eigenvalue weighted by Gasteiger charge is -2.59. The van der Waals surface area contributed by atoms with E-state index in [0.717, 1.165) is 0 Å². The van der Waals surface area contributed by atoms with Crippen LogP contribution in [-0.4, -0.2) is 58.1 Å². The zero-order valence-electron chi connectivity index (χ0n) is 24.6. The van der Waals surface area contributed by atoms with Crippen molar-refractivity contribution in [2.24, 2.45) is 5.41 Å². The maximum atomic E-state index is 16.0. The number of nitrogens with one attached hydrogen (secondary N) is 3. The van der Waals surface area contributed by atoms with Crippen molar-refractivity contribution in [1.29, 1.82) is 0 Å². The summed E-state index contributed by atoms with van der Waals surface area (Å²) in [6.45, 7) is -2.25. The van der Waals surface area contributed by atoms with Gasteiger partial charge in [-0.15, -0.1) is 10.2 Å². The number of fused-ring (bicyclic) bond motifs is 3. The number of aromatic nitrogens is 2. The number of aliphatic hydroxyl groups is 1. The molecule has 3 fully saturated rings. The van der Waals surface area contributed by atoms with E-state index in [2.05, 4.69) is 26.1 Å². The van der Waals surface area contributed by atoms with Gasteiger partial charge in [0.2, 0.25) is 23.6 Å². The van der Waals surface area contributed by atoms with Gasteiger partial charge in [-0.3, -0.25) is 23.7 Å². The Labute approximate surface area is 272 Å². The fraction of sp³-hybridized carbons (Fsp3) is 0.500. The van der Waals surface area contributed by atoms with Gasteiger partial charge in [0.25, 0.3) is 0 Å². The lowest BCUT2D eigenvalue weighted by molar-refractivity contribution is -0.131. The van der Waals surface area contributed by atoms with Crippen molar-refractivity contribution >= 4 is 40.7 Å². The van der Waals surface area contributed by atoms with Crippen LogP contribution < -0.4 is 16.0 Å². The van der Waals surface area contributed by atoms with Crippen molar-refractivity contribution in [2.45, 2.75) is 80.0 Å². The number of benzene rings is 2. The highest BCUT2D eigenvalue weighted by atomic mass is 35.5. The highest BCUT2D eigenvalue weighted by Gasteiger charge is 2.78. The highest BCUT2D eigenvalue weighted by molar-refractivity contribution is 6.31. The number of amides is 2. The molecule has 3 aromatic rings. The average Bonchev–Trinajstić information content (AvgIpc) is 3.72. The van der Waals surface area contributed by atoms with Crippen molar-refractivity contribution in [3.63, 3.8) is 0 Å². The van der Waals surface area contributed by atoms with Crippen LogP contribution in [0.3, 0.4) is 0 Å². The number of hydrogen-bond donors (Lipinski definition) is 4. The molecule has 244 valence electrons. The minimum atomic E-state index is -1.62. The second kappa shape index (κ2) is 11.5. The Morgan fingerprint density at radius 2 is 1.83 bits per heavy atom. The summed E-state index contributed by atoms with van der Waals surface area (Å²) in [7, 11) is 0. The van der Waals surface area contributed by atoms with Crippen LogP contribution in [0.5, 0.6) is 0 Å². The third-order valence-electron chi connectivity index (χ3n) is 10.6. The van der Waals surface area contributed by atoms with Crippen molar-refractivity contribution in [1.82, 2.24) is 20.8 Å².